The number of nitrogens with zero attached hydrogens (tertiary/aromatic N) is 1. The molecule has 0 unspecified atom stereocenters. The molecule has 5 aliphatic rings. The van der Waals surface area contributed by atoms with E-state index in [0.717, 1.165) is 43.1 Å². The number of benzene rings is 1. The number of methoxy groups -OCH3 is 1. The number of carbonyl (C=O) groups is 2. The molecule has 0 spiro atoms. The molecule has 0 radical (unpaired) electrons. The van der Waals surface area contributed by atoms with Gasteiger partial charge in [-0.1, -0.05) is 26.0 Å². The molecule has 1 aromatic rings. The van der Waals surface area contributed by atoms with Crippen molar-refractivity contribution in [3.8, 4) is 0 Å². The minimum atomic E-state index is -0.455. The highest BCUT2D eigenvalue weighted by molar-refractivity contribution is 5.79. The maximum Gasteiger partial charge on any atom is 0.407 e. The van der Waals surface area contributed by atoms with E-state index in [-0.39, 0.29) is 23.2 Å². The zero-order valence-electron chi connectivity index (χ0n) is 18.7. The Bertz CT molecular complexity index is 843. The second-order valence-electron chi connectivity index (χ2n) is 10.9. The first-order valence-corrected chi connectivity index (χ1v) is 11.6. The molecule has 1 aliphatic heterocycles. The summed E-state index contributed by atoms with van der Waals surface area (Å²) < 4.78 is 18.4. The predicted octanol–water partition coefficient (Wildman–Crippen LogP) is 4.11. The number of halogens is 1. The summed E-state index contributed by atoms with van der Waals surface area (Å²) in [4.78, 5) is 26.7. The highest BCUT2D eigenvalue weighted by Crippen LogP contribution is 2.69. The summed E-state index contributed by atoms with van der Waals surface area (Å²) in [5, 5.41) is 2.77. The fourth-order valence-electron chi connectivity index (χ4n) is 7.46. The molecule has 4 saturated carbocycles. The summed E-state index contributed by atoms with van der Waals surface area (Å²) in [5.41, 5.74) is 1.32. The second-order valence-corrected chi connectivity index (χ2v) is 10.9. The Morgan fingerprint density at radius 1 is 1.03 bits per heavy atom. The van der Waals surface area contributed by atoms with Gasteiger partial charge in [0.1, 0.15) is 5.82 Å². The van der Waals surface area contributed by atoms with E-state index >= 15 is 0 Å². The molecular weight excluding hydrogens is 395 g/mol. The van der Waals surface area contributed by atoms with Crippen LogP contribution in [-0.2, 0) is 14.9 Å². The monoisotopic (exact) mass is 428 g/mol. The number of nitrogens with one attached hydrogen (secondary N) is 1. The number of ether oxygens (including phenoxy) is 1. The van der Waals surface area contributed by atoms with Gasteiger partial charge in [0.05, 0.1) is 13.2 Å². The van der Waals surface area contributed by atoms with E-state index in [1.807, 2.05) is 17.0 Å². The third kappa shape index (κ3) is 3.16. The van der Waals surface area contributed by atoms with Gasteiger partial charge in [-0.25, -0.2) is 9.18 Å². The largest absolute Gasteiger partial charge is 0.453 e. The first-order chi connectivity index (χ1) is 14.7. The van der Waals surface area contributed by atoms with Crippen LogP contribution in [-0.4, -0.2) is 43.1 Å². The molecule has 0 aromatic heterocycles. The van der Waals surface area contributed by atoms with E-state index < -0.39 is 6.09 Å². The van der Waals surface area contributed by atoms with Crippen molar-refractivity contribution >= 4 is 12.0 Å². The summed E-state index contributed by atoms with van der Waals surface area (Å²) in [6.07, 6.45) is 4.69. The first-order valence-electron chi connectivity index (χ1n) is 11.6. The topological polar surface area (TPSA) is 58.6 Å². The Morgan fingerprint density at radius 3 is 2.10 bits per heavy atom. The smallest absolute Gasteiger partial charge is 0.407 e. The number of alkyl carbamates (subject to hydrolysis) is 1. The second kappa shape index (κ2) is 7.21. The van der Waals surface area contributed by atoms with Crippen LogP contribution in [0.5, 0.6) is 0 Å². The third-order valence-corrected chi connectivity index (χ3v) is 9.40. The Morgan fingerprint density at radius 2 is 1.58 bits per heavy atom. The van der Waals surface area contributed by atoms with Crippen LogP contribution in [0.2, 0.25) is 0 Å². The van der Waals surface area contributed by atoms with Gasteiger partial charge < -0.3 is 15.0 Å². The van der Waals surface area contributed by atoms with Crippen molar-refractivity contribution in [1.29, 1.82) is 0 Å². The van der Waals surface area contributed by atoms with Crippen molar-refractivity contribution in [2.75, 3.05) is 20.2 Å². The molecular formula is C25H33FN2O3. The first kappa shape index (κ1) is 20.8. The van der Waals surface area contributed by atoms with Crippen molar-refractivity contribution in [3.63, 3.8) is 0 Å². The van der Waals surface area contributed by atoms with E-state index in [4.69, 9.17) is 0 Å². The molecule has 1 N–H and O–H groups in total. The average molecular weight is 429 g/mol. The van der Waals surface area contributed by atoms with Crippen LogP contribution in [0, 0.1) is 34.9 Å². The zero-order valence-corrected chi connectivity index (χ0v) is 18.7. The summed E-state index contributed by atoms with van der Waals surface area (Å²) in [5.74, 6) is 2.31. The quantitative estimate of drug-likeness (QED) is 0.785. The van der Waals surface area contributed by atoms with E-state index in [2.05, 4.69) is 23.9 Å². The van der Waals surface area contributed by atoms with Crippen LogP contribution in [0.4, 0.5) is 9.18 Å². The lowest BCUT2D eigenvalue weighted by molar-refractivity contribution is -0.157. The van der Waals surface area contributed by atoms with Crippen LogP contribution in [0.15, 0.2) is 24.3 Å². The molecule has 31 heavy (non-hydrogen) atoms. The van der Waals surface area contributed by atoms with Gasteiger partial charge in [-0.3, -0.25) is 4.79 Å². The highest BCUT2D eigenvalue weighted by Gasteiger charge is 2.63. The molecule has 5 fully saturated rings. The molecule has 5 nitrogen and oxygen atoms in total. The van der Waals surface area contributed by atoms with Gasteiger partial charge >= 0.3 is 6.09 Å². The highest BCUT2D eigenvalue weighted by atomic mass is 19.1. The van der Waals surface area contributed by atoms with E-state index in [9.17, 15) is 14.0 Å². The van der Waals surface area contributed by atoms with Crippen molar-refractivity contribution in [2.45, 2.75) is 57.4 Å². The van der Waals surface area contributed by atoms with Crippen LogP contribution >= 0.6 is 0 Å². The number of rotatable bonds is 4. The summed E-state index contributed by atoms with van der Waals surface area (Å²) >= 11 is 0. The molecule has 1 saturated heterocycles. The van der Waals surface area contributed by atoms with E-state index in [1.165, 1.54) is 7.11 Å². The SMILES string of the molecule is COC(=O)NC1CN(C(=O)CC2(c3ccc(F)cc3)C3CC4CC2CC(C3)C4(C)C)C1. The maximum atomic E-state index is 13.8. The predicted molar refractivity (Wildman–Crippen MR) is 115 cm³/mol. The molecule has 1 aromatic carbocycles. The van der Waals surface area contributed by atoms with Gasteiger partial charge in [0, 0.05) is 24.9 Å². The van der Waals surface area contributed by atoms with Gasteiger partial charge in [-0.05, 0) is 72.5 Å². The molecule has 4 aliphatic carbocycles. The average Bonchev–Trinajstić information content (AvgIpc) is 2.68. The number of hydrogen-bond donors (Lipinski definition) is 1. The van der Waals surface area contributed by atoms with Gasteiger partial charge in [0.15, 0.2) is 0 Å². The minimum absolute atomic E-state index is 0.0440. The standard InChI is InChI=1S/C25H33FN2O3/c1-24(2)16-8-18-10-17(24)11-19(9-16)25(18,15-4-6-20(26)7-5-15)12-22(29)28-13-21(14-28)27-23(30)31-3/h4-7,16-19,21H,8-14H2,1-3H3,(H,27,30). The van der Waals surface area contributed by atoms with Gasteiger partial charge in [-0.15, -0.1) is 0 Å². The molecule has 2 amide bonds. The molecule has 6 rings (SSSR count). The molecule has 4 bridgehead atoms. The summed E-state index contributed by atoms with van der Waals surface area (Å²) in [7, 11) is 1.34. The Balaban J connectivity index is 1.39. The fraction of sp³-hybridized carbons (Fsp3) is 0.680. The van der Waals surface area contributed by atoms with Gasteiger partial charge in [0.2, 0.25) is 5.91 Å². The van der Waals surface area contributed by atoms with Crippen LogP contribution in [0.25, 0.3) is 0 Å². The third-order valence-electron chi connectivity index (χ3n) is 9.40. The maximum absolute atomic E-state index is 13.8. The van der Waals surface area contributed by atoms with Gasteiger partial charge in [-0.2, -0.15) is 0 Å². The summed E-state index contributed by atoms with van der Waals surface area (Å²) in [6.45, 7) is 5.92. The lowest BCUT2D eigenvalue weighted by Gasteiger charge is -2.67. The number of amides is 2. The number of hydrogen-bond acceptors (Lipinski definition) is 3. The van der Waals surface area contributed by atoms with Gasteiger partial charge in [0.25, 0.3) is 0 Å². The Kier molecular flexibility index (Phi) is 4.83. The van der Waals surface area contributed by atoms with E-state index in [1.54, 1.807) is 12.1 Å². The lowest BCUT2D eigenvalue weighted by Crippen LogP contribution is -2.64. The van der Waals surface area contributed by atoms with Crippen molar-refractivity contribution in [3.05, 3.63) is 35.6 Å². The number of carbonyl (C=O) groups excluding carboxylic acids is 2. The summed E-state index contributed by atoms with van der Waals surface area (Å²) in [6, 6.07) is 6.91. The zero-order chi connectivity index (χ0) is 22.0. The lowest BCUT2D eigenvalue weighted by atomic mass is 9.37. The van der Waals surface area contributed by atoms with Crippen LogP contribution < -0.4 is 5.32 Å². The van der Waals surface area contributed by atoms with Crippen LogP contribution in [0.3, 0.4) is 0 Å². The molecule has 6 heteroatoms. The van der Waals surface area contributed by atoms with Crippen molar-refractivity contribution < 1.29 is 18.7 Å². The van der Waals surface area contributed by atoms with Crippen LogP contribution in [0.1, 0.15) is 51.5 Å². The normalized spacial score (nSPS) is 35.5. The van der Waals surface area contributed by atoms with E-state index in [0.29, 0.717) is 36.8 Å². The minimum Gasteiger partial charge on any atom is -0.453 e. The molecule has 0 atom stereocenters. The molecule has 168 valence electrons. The molecule has 1 heterocycles. The van der Waals surface area contributed by atoms with Crippen molar-refractivity contribution in [1.82, 2.24) is 10.2 Å². The number of likely N-dealkylation sites (tertiary alicyclic amines) is 1. The Labute approximate surface area is 183 Å². The van der Waals surface area contributed by atoms with Crippen molar-refractivity contribution in [2.24, 2.45) is 29.1 Å². The Hall–Kier alpha value is -2.11. The fourth-order valence-corrected chi connectivity index (χ4v) is 7.46.